The van der Waals surface area contributed by atoms with Crippen molar-refractivity contribution >= 4 is 0 Å². The third-order valence-corrected chi connectivity index (χ3v) is 3.95. The van der Waals surface area contributed by atoms with Crippen LogP contribution in [0.5, 0.6) is 11.6 Å². The van der Waals surface area contributed by atoms with Crippen LogP contribution in [-0.2, 0) is 13.2 Å². The molecule has 0 aliphatic heterocycles. The Morgan fingerprint density at radius 1 is 1.04 bits per heavy atom. The van der Waals surface area contributed by atoms with Gasteiger partial charge in [0.25, 0.3) is 0 Å². The lowest BCUT2D eigenvalue weighted by atomic mass is 10.1. The van der Waals surface area contributed by atoms with Crippen LogP contribution in [0.1, 0.15) is 17.0 Å². The topological polar surface area (TPSA) is 39.9 Å². The molecule has 0 atom stereocenters. The minimum Gasteiger partial charge on any atom is -0.438 e. The normalized spacial score (nSPS) is 11.6. The van der Waals surface area contributed by atoms with Gasteiger partial charge in [-0.1, -0.05) is 0 Å². The van der Waals surface area contributed by atoms with E-state index in [4.69, 9.17) is 4.74 Å². The molecule has 0 radical (unpaired) electrons. The fraction of sp³-hybridized carbons (Fsp3) is 0.222. The summed E-state index contributed by atoms with van der Waals surface area (Å²) < 4.78 is 45.5. The molecule has 0 aliphatic carbocycles. The first kappa shape index (κ1) is 17.0. The van der Waals surface area contributed by atoms with E-state index in [1.165, 1.54) is 12.1 Å². The number of pyridine rings is 1. The van der Waals surface area contributed by atoms with Gasteiger partial charge in [0.1, 0.15) is 5.75 Å². The van der Waals surface area contributed by atoms with Crippen LogP contribution in [0.3, 0.4) is 0 Å². The van der Waals surface area contributed by atoms with Gasteiger partial charge in [0.15, 0.2) is 0 Å². The van der Waals surface area contributed by atoms with Crippen molar-refractivity contribution in [1.29, 1.82) is 0 Å². The second-order valence-corrected chi connectivity index (χ2v) is 5.65. The quantitative estimate of drug-likeness (QED) is 0.676. The number of hydrogen-bond donors (Lipinski definition) is 0. The van der Waals surface area contributed by atoms with Crippen molar-refractivity contribution in [3.8, 4) is 22.8 Å². The van der Waals surface area contributed by atoms with Gasteiger partial charge in [0.2, 0.25) is 5.88 Å². The predicted molar refractivity (Wildman–Crippen MR) is 87.4 cm³/mol. The van der Waals surface area contributed by atoms with Crippen LogP contribution in [0.4, 0.5) is 13.2 Å². The third kappa shape index (κ3) is 3.35. The minimum absolute atomic E-state index is 0.284. The molecule has 2 heterocycles. The van der Waals surface area contributed by atoms with Crippen LogP contribution < -0.4 is 4.74 Å². The van der Waals surface area contributed by atoms with E-state index in [1.807, 2.05) is 27.0 Å². The summed E-state index contributed by atoms with van der Waals surface area (Å²) in [6, 6.07) is 8.16. The highest BCUT2D eigenvalue weighted by Gasteiger charge is 2.30. The van der Waals surface area contributed by atoms with Crippen LogP contribution in [0, 0.1) is 13.8 Å². The first-order chi connectivity index (χ1) is 11.8. The van der Waals surface area contributed by atoms with Crippen molar-refractivity contribution in [1.82, 2.24) is 14.8 Å². The summed E-state index contributed by atoms with van der Waals surface area (Å²) in [7, 11) is 1.85. The van der Waals surface area contributed by atoms with E-state index in [2.05, 4.69) is 10.1 Å². The molecule has 0 N–H and O–H groups in total. The number of benzene rings is 1. The number of alkyl halides is 3. The Morgan fingerprint density at radius 3 is 2.28 bits per heavy atom. The largest absolute Gasteiger partial charge is 0.438 e. The molecule has 0 saturated carbocycles. The SMILES string of the molecule is Cc1nn(C)c(C)c1-c1cccnc1Oc1ccc(C(F)(F)F)cc1. The molecule has 0 aliphatic rings. The summed E-state index contributed by atoms with van der Waals surface area (Å²) in [5.41, 5.74) is 2.69. The molecule has 0 amide bonds. The highest BCUT2D eigenvalue weighted by molar-refractivity contribution is 5.73. The zero-order chi connectivity index (χ0) is 18.2. The number of halogens is 3. The van der Waals surface area contributed by atoms with Gasteiger partial charge in [0.05, 0.1) is 11.3 Å². The molecule has 3 rings (SSSR count). The zero-order valence-corrected chi connectivity index (χ0v) is 13.9. The lowest BCUT2D eigenvalue weighted by Gasteiger charge is -2.11. The standard InChI is InChI=1S/C18H16F3N3O/c1-11-16(12(2)24(3)23-11)15-5-4-10-22-17(15)25-14-8-6-13(7-9-14)18(19,20)21/h4-10H,1-3H3. The Morgan fingerprint density at radius 2 is 1.72 bits per heavy atom. The second kappa shape index (κ2) is 6.23. The smallest absolute Gasteiger partial charge is 0.416 e. The summed E-state index contributed by atoms with van der Waals surface area (Å²) in [5.74, 6) is 0.605. The van der Waals surface area contributed by atoms with Crippen LogP contribution in [0.15, 0.2) is 42.6 Å². The van der Waals surface area contributed by atoms with Gasteiger partial charge in [-0.3, -0.25) is 4.68 Å². The molecule has 3 aromatic rings. The Hall–Kier alpha value is -2.83. The summed E-state index contributed by atoms with van der Waals surface area (Å²) in [5, 5.41) is 4.38. The maximum absolute atomic E-state index is 12.7. The lowest BCUT2D eigenvalue weighted by Crippen LogP contribution is -2.04. The molecule has 1 aromatic carbocycles. The monoisotopic (exact) mass is 347 g/mol. The summed E-state index contributed by atoms with van der Waals surface area (Å²) in [4.78, 5) is 4.23. The molecule has 0 fully saturated rings. The average Bonchev–Trinajstić information content (AvgIpc) is 2.80. The van der Waals surface area contributed by atoms with E-state index >= 15 is 0 Å². The van der Waals surface area contributed by atoms with Gasteiger partial charge in [-0.25, -0.2) is 4.98 Å². The Balaban J connectivity index is 1.97. The fourth-order valence-corrected chi connectivity index (χ4v) is 2.65. The number of aryl methyl sites for hydroxylation is 2. The third-order valence-electron chi connectivity index (χ3n) is 3.95. The van der Waals surface area contributed by atoms with Gasteiger partial charge >= 0.3 is 6.18 Å². The van der Waals surface area contributed by atoms with Crippen LogP contribution in [0.2, 0.25) is 0 Å². The number of ether oxygens (including phenoxy) is 1. The van der Waals surface area contributed by atoms with E-state index in [-0.39, 0.29) is 5.75 Å². The number of aromatic nitrogens is 3. The van der Waals surface area contributed by atoms with Crippen LogP contribution in [0.25, 0.3) is 11.1 Å². The lowest BCUT2D eigenvalue weighted by molar-refractivity contribution is -0.137. The van der Waals surface area contributed by atoms with E-state index < -0.39 is 11.7 Å². The van der Waals surface area contributed by atoms with Crippen LogP contribution >= 0.6 is 0 Å². The van der Waals surface area contributed by atoms with Crippen molar-refractivity contribution < 1.29 is 17.9 Å². The van der Waals surface area contributed by atoms with Gasteiger partial charge in [-0.2, -0.15) is 18.3 Å². The summed E-state index contributed by atoms with van der Waals surface area (Å²) in [6.45, 7) is 3.82. The number of rotatable bonds is 3. The average molecular weight is 347 g/mol. The summed E-state index contributed by atoms with van der Waals surface area (Å²) in [6.07, 6.45) is -2.80. The molecule has 0 bridgehead atoms. The van der Waals surface area contributed by atoms with Crippen LogP contribution in [-0.4, -0.2) is 14.8 Å². The van der Waals surface area contributed by atoms with E-state index in [9.17, 15) is 13.2 Å². The Labute approximate surface area is 142 Å². The molecular formula is C18H16F3N3O. The zero-order valence-electron chi connectivity index (χ0n) is 13.9. The van der Waals surface area contributed by atoms with Gasteiger partial charge in [-0.15, -0.1) is 0 Å². The maximum atomic E-state index is 12.7. The molecule has 130 valence electrons. The summed E-state index contributed by atoms with van der Waals surface area (Å²) >= 11 is 0. The van der Waals surface area contributed by atoms with Gasteiger partial charge in [0, 0.05) is 30.1 Å². The van der Waals surface area contributed by atoms with Crippen molar-refractivity contribution in [2.45, 2.75) is 20.0 Å². The Bertz CT molecular complexity index is 899. The fourth-order valence-electron chi connectivity index (χ4n) is 2.65. The van der Waals surface area contributed by atoms with E-state index in [0.717, 1.165) is 34.6 Å². The molecule has 2 aromatic heterocycles. The molecule has 0 spiro atoms. The van der Waals surface area contributed by atoms with Gasteiger partial charge < -0.3 is 4.74 Å². The molecule has 0 saturated heterocycles. The maximum Gasteiger partial charge on any atom is 0.416 e. The highest BCUT2D eigenvalue weighted by Crippen LogP contribution is 2.36. The van der Waals surface area contributed by atoms with Gasteiger partial charge in [-0.05, 0) is 50.2 Å². The van der Waals surface area contributed by atoms with Crippen molar-refractivity contribution in [3.63, 3.8) is 0 Å². The predicted octanol–water partition coefficient (Wildman–Crippen LogP) is 4.91. The molecule has 25 heavy (non-hydrogen) atoms. The minimum atomic E-state index is -4.38. The highest BCUT2D eigenvalue weighted by atomic mass is 19.4. The molecule has 4 nitrogen and oxygen atoms in total. The van der Waals surface area contributed by atoms with E-state index in [1.54, 1.807) is 16.9 Å². The molecular weight excluding hydrogens is 331 g/mol. The number of nitrogens with zero attached hydrogens (tertiary/aromatic N) is 3. The first-order valence-electron chi connectivity index (χ1n) is 7.58. The number of hydrogen-bond acceptors (Lipinski definition) is 3. The molecule has 7 heteroatoms. The van der Waals surface area contributed by atoms with E-state index in [0.29, 0.717) is 5.88 Å². The Kier molecular flexibility index (Phi) is 4.24. The first-order valence-corrected chi connectivity index (χ1v) is 7.58. The molecule has 0 unspecified atom stereocenters. The van der Waals surface area contributed by atoms with Crippen molar-refractivity contribution in [3.05, 3.63) is 59.5 Å². The van der Waals surface area contributed by atoms with Crippen molar-refractivity contribution in [2.24, 2.45) is 7.05 Å². The second-order valence-electron chi connectivity index (χ2n) is 5.65. The van der Waals surface area contributed by atoms with Crippen molar-refractivity contribution in [2.75, 3.05) is 0 Å².